The second-order valence-electron chi connectivity index (χ2n) is 2.07. The standard InChI is InChI=1S/C8H14O2S/c1-4-10-8(9)7(2)5-6-11-3/h2,4-6H2,1,3H3. The zero-order valence-electron chi connectivity index (χ0n) is 7.05. The van der Waals surface area contributed by atoms with E-state index in [1.54, 1.807) is 18.7 Å². The highest BCUT2D eigenvalue weighted by atomic mass is 32.2. The molecule has 0 amide bonds. The molecule has 0 saturated heterocycles. The first kappa shape index (κ1) is 10.6. The van der Waals surface area contributed by atoms with Crippen LogP contribution >= 0.6 is 11.8 Å². The first-order valence-electron chi connectivity index (χ1n) is 3.56. The number of carbonyl (C=O) groups excluding carboxylic acids is 1. The van der Waals surface area contributed by atoms with Gasteiger partial charge in [-0.05, 0) is 25.4 Å². The summed E-state index contributed by atoms with van der Waals surface area (Å²) in [4.78, 5) is 10.9. The lowest BCUT2D eigenvalue weighted by atomic mass is 10.2. The number of thioether (sulfide) groups is 1. The number of carbonyl (C=O) groups is 1. The van der Waals surface area contributed by atoms with Gasteiger partial charge in [0.2, 0.25) is 0 Å². The molecule has 0 atom stereocenters. The fraction of sp³-hybridized carbons (Fsp3) is 0.625. The van der Waals surface area contributed by atoms with Crippen molar-refractivity contribution in [2.24, 2.45) is 0 Å². The van der Waals surface area contributed by atoms with Crippen LogP contribution in [0, 0.1) is 0 Å². The van der Waals surface area contributed by atoms with Crippen LogP contribution in [0.15, 0.2) is 12.2 Å². The van der Waals surface area contributed by atoms with Crippen LogP contribution in [0.25, 0.3) is 0 Å². The van der Waals surface area contributed by atoms with Gasteiger partial charge < -0.3 is 4.74 Å². The lowest BCUT2D eigenvalue weighted by molar-refractivity contribution is -0.138. The summed E-state index contributed by atoms with van der Waals surface area (Å²) < 4.78 is 4.75. The first-order valence-corrected chi connectivity index (χ1v) is 4.95. The third-order valence-electron chi connectivity index (χ3n) is 1.17. The molecule has 0 aliphatic carbocycles. The molecule has 0 N–H and O–H groups in total. The van der Waals surface area contributed by atoms with E-state index >= 15 is 0 Å². The van der Waals surface area contributed by atoms with E-state index in [-0.39, 0.29) is 5.97 Å². The highest BCUT2D eigenvalue weighted by Crippen LogP contribution is 2.05. The summed E-state index contributed by atoms with van der Waals surface area (Å²) in [5.74, 6) is 0.666. The second kappa shape index (κ2) is 6.28. The average molecular weight is 174 g/mol. The number of hydrogen-bond acceptors (Lipinski definition) is 3. The van der Waals surface area contributed by atoms with Crippen LogP contribution in [0.1, 0.15) is 13.3 Å². The number of esters is 1. The van der Waals surface area contributed by atoms with Crippen LogP contribution in [-0.4, -0.2) is 24.6 Å². The fourth-order valence-electron chi connectivity index (χ4n) is 0.560. The molecular weight excluding hydrogens is 160 g/mol. The molecule has 0 aliphatic heterocycles. The van der Waals surface area contributed by atoms with Crippen molar-refractivity contribution >= 4 is 17.7 Å². The summed E-state index contributed by atoms with van der Waals surface area (Å²) in [6, 6.07) is 0. The van der Waals surface area contributed by atoms with Crippen LogP contribution in [0.4, 0.5) is 0 Å². The second-order valence-corrected chi connectivity index (χ2v) is 3.05. The van der Waals surface area contributed by atoms with Crippen LogP contribution in [0.5, 0.6) is 0 Å². The minimum atomic E-state index is -0.262. The molecule has 0 spiro atoms. The van der Waals surface area contributed by atoms with Gasteiger partial charge in [-0.2, -0.15) is 11.8 Å². The summed E-state index contributed by atoms with van der Waals surface area (Å²) in [6.45, 7) is 5.84. The Morgan fingerprint density at radius 1 is 1.64 bits per heavy atom. The molecule has 0 radical (unpaired) electrons. The Hall–Kier alpha value is -0.440. The van der Waals surface area contributed by atoms with E-state index in [4.69, 9.17) is 4.74 Å². The summed E-state index contributed by atoms with van der Waals surface area (Å²) in [5.41, 5.74) is 0.571. The summed E-state index contributed by atoms with van der Waals surface area (Å²) in [5, 5.41) is 0. The third-order valence-corrected chi connectivity index (χ3v) is 1.78. The van der Waals surface area contributed by atoms with Crippen LogP contribution in [0.3, 0.4) is 0 Å². The Morgan fingerprint density at radius 3 is 2.73 bits per heavy atom. The van der Waals surface area contributed by atoms with E-state index < -0.39 is 0 Å². The molecule has 0 saturated carbocycles. The SMILES string of the molecule is C=C(CCSC)C(=O)OCC. The molecule has 2 nitrogen and oxygen atoms in total. The van der Waals surface area contributed by atoms with E-state index in [1.807, 2.05) is 6.26 Å². The zero-order chi connectivity index (χ0) is 8.69. The highest BCUT2D eigenvalue weighted by Gasteiger charge is 2.05. The molecule has 0 bridgehead atoms. The predicted octanol–water partition coefficient (Wildman–Crippen LogP) is 1.86. The Labute approximate surface area is 72.0 Å². The van der Waals surface area contributed by atoms with E-state index in [1.165, 1.54) is 0 Å². The maximum atomic E-state index is 10.9. The monoisotopic (exact) mass is 174 g/mol. The molecule has 0 unspecified atom stereocenters. The number of ether oxygens (including phenoxy) is 1. The summed E-state index contributed by atoms with van der Waals surface area (Å²) >= 11 is 1.70. The number of rotatable bonds is 5. The third kappa shape index (κ3) is 4.90. The zero-order valence-corrected chi connectivity index (χ0v) is 7.87. The Morgan fingerprint density at radius 2 is 2.27 bits per heavy atom. The maximum Gasteiger partial charge on any atom is 0.333 e. The van der Waals surface area contributed by atoms with E-state index in [0.29, 0.717) is 12.2 Å². The first-order chi connectivity index (χ1) is 5.22. The predicted molar refractivity (Wildman–Crippen MR) is 48.8 cm³/mol. The fourth-order valence-corrected chi connectivity index (χ4v) is 1.01. The van der Waals surface area contributed by atoms with Crippen LogP contribution in [-0.2, 0) is 9.53 Å². The minimum absolute atomic E-state index is 0.262. The summed E-state index contributed by atoms with van der Waals surface area (Å²) in [6.07, 6.45) is 2.72. The average Bonchev–Trinajstić information content (AvgIpc) is 2.00. The van der Waals surface area contributed by atoms with Gasteiger partial charge in [-0.25, -0.2) is 4.79 Å². The van der Waals surface area contributed by atoms with Gasteiger partial charge >= 0.3 is 5.97 Å². The molecule has 0 rings (SSSR count). The van der Waals surface area contributed by atoms with Crippen molar-refractivity contribution < 1.29 is 9.53 Å². The lowest BCUT2D eigenvalue weighted by Crippen LogP contribution is -2.07. The molecule has 64 valence electrons. The normalized spacial score (nSPS) is 9.27. The Kier molecular flexibility index (Phi) is 6.03. The smallest absolute Gasteiger partial charge is 0.333 e. The van der Waals surface area contributed by atoms with Crippen molar-refractivity contribution in [3.05, 3.63) is 12.2 Å². The van der Waals surface area contributed by atoms with Crippen molar-refractivity contribution in [3.8, 4) is 0 Å². The van der Waals surface area contributed by atoms with Crippen LogP contribution in [0.2, 0.25) is 0 Å². The Balaban J connectivity index is 3.56. The van der Waals surface area contributed by atoms with Crippen molar-refractivity contribution in [2.45, 2.75) is 13.3 Å². The van der Waals surface area contributed by atoms with Gasteiger partial charge in [0.15, 0.2) is 0 Å². The molecule has 0 aromatic carbocycles. The van der Waals surface area contributed by atoms with Gasteiger partial charge in [-0.3, -0.25) is 0 Å². The molecule has 3 heteroatoms. The van der Waals surface area contributed by atoms with E-state index in [0.717, 1.165) is 12.2 Å². The largest absolute Gasteiger partial charge is 0.463 e. The van der Waals surface area contributed by atoms with Gasteiger partial charge in [0.1, 0.15) is 0 Å². The summed E-state index contributed by atoms with van der Waals surface area (Å²) in [7, 11) is 0. The molecule has 0 fully saturated rings. The lowest BCUT2D eigenvalue weighted by Gasteiger charge is -2.02. The van der Waals surface area contributed by atoms with Crippen molar-refractivity contribution in [1.29, 1.82) is 0 Å². The van der Waals surface area contributed by atoms with E-state index in [9.17, 15) is 4.79 Å². The van der Waals surface area contributed by atoms with Crippen molar-refractivity contribution in [3.63, 3.8) is 0 Å². The Bertz CT molecular complexity index is 143. The molecule has 11 heavy (non-hydrogen) atoms. The van der Waals surface area contributed by atoms with E-state index in [2.05, 4.69) is 6.58 Å². The molecule has 0 aliphatic rings. The van der Waals surface area contributed by atoms with Crippen molar-refractivity contribution in [1.82, 2.24) is 0 Å². The van der Waals surface area contributed by atoms with Gasteiger partial charge in [-0.15, -0.1) is 0 Å². The van der Waals surface area contributed by atoms with Gasteiger partial charge in [0.05, 0.1) is 6.61 Å². The molecule has 0 heterocycles. The van der Waals surface area contributed by atoms with Crippen molar-refractivity contribution in [2.75, 3.05) is 18.6 Å². The molecular formula is C8H14O2S. The highest BCUT2D eigenvalue weighted by molar-refractivity contribution is 7.98. The van der Waals surface area contributed by atoms with Gasteiger partial charge in [0.25, 0.3) is 0 Å². The molecule has 0 aromatic rings. The minimum Gasteiger partial charge on any atom is -0.463 e. The number of hydrogen-bond donors (Lipinski definition) is 0. The molecule has 0 aromatic heterocycles. The van der Waals surface area contributed by atoms with Crippen LogP contribution < -0.4 is 0 Å². The van der Waals surface area contributed by atoms with Gasteiger partial charge in [-0.1, -0.05) is 6.58 Å². The topological polar surface area (TPSA) is 26.3 Å². The quantitative estimate of drug-likeness (QED) is 0.470. The maximum absolute atomic E-state index is 10.9. The van der Waals surface area contributed by atoms with Gasteiger partial charge in [0, 0.05) is 5.57 Å².